The van der Waals surface area contributed by atoms with Gasteiger partial charge in [0.15, 0.2) is 0 Å². The summed E-state index contributed by atoms with van der Waals surface area (Å²) in [5.74, 6) is 0.498. The molecule has 2 N–H and O–H groups in total. The average Bonchev–Trinajstić information content (AvgIpc) is 2.24. The molecule has 16 heavy (non-hydrogen) atoms. The topological polar surface area (TPSA) is 51.4 Å². The van der Waals surface area contributed by atoms with Crippen LogP contribution in [0.2, 0.25) is 5.02 Å². The zero-order valence-corrected chi connectivity index (χ0v) is 10.5. The molecule has 1 aromatic heterocycles. The molecule has 90 valence electrons. The summed E-state index contributed by atoms with van der Waals surface area (Å²) >= 11 is 6.03. The van der Waals surface area contributed by atoms with E-state index in [1.54, 1.807) is 12.1 Å². The van der Waals surface area contributed by atoms with Crippen molar-refractivity contribution in [3.05, 3.63) is 22.8 Å². The van der Waals surface area contributed by atoms with E-state index in [1.165, 1.54) is 0 Å². The van der Waals surface area contributed by atoms with Crippen molar-refractivity contribution in [2.75, 3.05) is 32.5 Å². The SMILES string of the molecule is CCOCCN(C)Cc1nc(N)ccc1Cl. The second-order valence-corrected chi connectivity index (χ2v) is 4.01. The van der Waals surface area contributed by atoms with E-state index in [2.05, 4.69) is 9.88 Å². The number of hydrogen-bond acceptors (Lipinski definition) is 4. The van der Waals surface area contributed by atoms with Crippen molar-refractivity contribution in [1.82, 2.24) is 9.88 Å². The molecule has 5 heteroatoms. The lowest BCUT2D eigenvalue weighted by Gasteiger charge is -2.16. The zero-order chi connectivity index (χ0) is 12.0. The fraction of sp³-hybridized carbons (Fsp3) is 0.545. The molecule has 0 radical (unpaired) electrons. The summed E-state index contributed by atoms with van der Waals surface area (Å²) in [5, 5.41) is 0.650. The summed E-state index contributed by atoms with van der Waals surface area (Å²) < 4.78 is 5.28. The van der Waals surface area contributed by atoms with Crippen LogP contribution in [0.15, 0.2) is 12.1 Å². The number of anilines is 1. The van der Waals surface area contributed by atoms with Crippen molar-refractivity contribution in [3.63, 3.8) is 0 Å². The van der Waals surface area contributed by atoms with E-state index >= 15 is 0 Å². The van der Waals surface area contributed by atoms with Crippen molar-refractivity contribution in [2.45, 2.75) is 13.5 Å². The van der Waals surface area contributed by atoms with Gasteiger partial charge in [-0.05, 0) is 26.1 Å². The fourth-order valence-electron chi connectivity index (χ4n) is 1.31. The third kappa shape index (κ3) is 4.35. The molecule has 0 aliphatic heterocycles. The van der Waals surface area contributed by atoms with Crippen LogP contribution in [0.3, 0.4) is 0 Å². The monoisotopic (exact) mass is 243 g/mol. The van der Waals surface area contributed by atoms with Crippen LogP contribution in [0.25, 0.3) is 0 Å². The first-order valence-corrected chi connectivity index (χ1v) is 5.68. The Balaban J connectivity index is 2.48. The van der Waals surface area contributed by atoms with E-state index in [9.17, 15) is 0 Å². The maximum absolute atomic E-state index is 6.03. The van der Waals surface area contributed by atoms with Crippen LogP contribution < -0.4 is 5.73 Å². The van der Waals surface area contributed by atoms with Crippen molar-refractivity contribution in [3.8, 4) is 0 Å². The van der Waals surface area contributed by atoms with E-state index in [0.717, 1.165) is 18.8 Å². The molecule has 0 fully saturated rings. The van der Waals surface area contributed by atoms with E-state index in [-0.39, 0.29) is 0 Å². The number of halogens is 1. The van der Waals surface area contributed by atoms with Crippen LogP contribution >= 0.6 is 11.6 Å². The molecule has 0 aliphatic carbocycles. The molecule has 0 saturated carbocycles. The average molecular weight is 244 g/mol. The Morgan fingerprint density at radius 3 is 2.94 bits per heavy atom. The number of nitrogens with zero attached hydrogens (tertiary/aromatic N) is 2. The quantitative estimate of drug-likeness (QED) is 0.774. The maximum atomic E-state index is 6.03. The summed E-state index contributed by atoms with van der Waals surface area (Å²) in [6.45, 7) is 4.96. The van der Waals surface area contributed by atoms with E-state index in [0.29, 0.717) is 24.0 Å². The van der Waals surface area contributed by atoms with Gasteiger partial charge in [0.2, 0.25) is 0 Å². The van der Waals surface area contributed by atoms with Gasteiger partial charge in [0, 0.05) is 19.7 Å². The number of likely N-dealkylation sites (N-methyl/N-ethyl adjacent to an activating group) is 1. The minimum atomic E-state index is 0.498. The Morgan fingerprint density at radius 1 is 1.50 bits per heavy atom. The van der Waals surface area contributed by atoms with E-state index in [4.69, 9.17) is 22.1 Å². The lowest BCUT2D eigenvalue weighted by Crippen LogP contribution is -2.23. The number of nitrogen functional groups attached to an aromatic ring is 1. The molecule has 1 aromatic rings. The van der Waals surface area contributed by atoms with Gasteiger partial charge in [0.25, 0.3) is 0 Å². The van der Waals surface area contributed by atoms with Crippen LogP contribution in [0.1, 0.15) is 12.6 Å². The first kappa shape index (κ1) is 13.2. The van der Waals surface area contributed by atoms with Crippen molar-refractivity contribution in [2.24, 2.45) is 0 Å². The fourth-order valence-corrected chi connectivity index (χ4v) is 1.48. The van der Waals surface area contributed by atoms with Crippen LogP contribution in [0, 0.1) is 0 Å². The molecule has 0 amide bonds. The van der Waals surface area contributed by atoms with Gasteiger partial charge < -0.3 is 10.5 Å². The molecule has 0 spiro atoms. The van der Waals surface area contributed by atoms with Crippen molar-refractivity contribution >= 4 is 17.4 Å². The van der Waals surface area contributed by atoms with Gasteiger partial charge in [-0.1, -0.05) is 11.6 Å². The van der Waals surface area contributed by atoms with Crippen molar-refractivity contribution < 1.29 is 4.74 Å². The molecular weight excluding hydrogens is 226 g/mol. The summed E-state index contributed by atoms with van der Waals surface area (Å²) in [5.41, 5.74) is 6.42. The molecule has 0 saturated heterocycles. The Labute approximate surface area is 101 Å². The summed E-state index contributed by atoms with van der Waals surface area (Å²) in [7, 11) is 2.00. The standard InChI is InChI=1S/C11H18ClN3O/c1-3-16-7-6-15(2)8-10-9(12)4-5-11(13)14-10/h4-5H,3,6-8H2,1-2H3,(H2,13,14). The molecule has 0 atom stereocenters. The number of rotatable bonds is 6. The third-order valence-electron chi connectivity index (χ3n) is 2.18. The summed E-state index contributed by atoms with van der Waals surface area (Å²) in [6.07, 6.45) is 0. The van der Waals surface area contributed by atoms with E-state index in [1.807, 2.05) is 14.0 Å². The first-order chi connectivity index (χ1) is 7.63. The van der Waals surface area contributed by atoms with Crippen LogP contribution in [-0.4, -0.2) is 36.7 Å². The van der Waals surface area contributed by atoms with Gasteiger partial charge in [0.1, 0.15) is 5.82 Å². The number of hydrogen-bond donors (Lipinski definition) is 1. The second-order valence-electron chi connectivity index (χ2n) is 3.60. The molecule has 0 bridgehead atoms. The van der Waals surface area contributed by atoms with Gasteiger partial charge in [0.05, 0.1) is 17.3 Å². The van der Waals surface area contributed by atoms with Gasteiger partial charge >= 0.3 is 0 Å². The summed E-state index contributed by atoms with van der Waals surface area (Å²) in [4.78, 5) is 6.30. The number of ether oxygens (including phenoxy) is 1. The Bertz CT molecular complexity index is 333. The summed E-state index contributed by atoms with van der Waals surface area (Å²) in [6, 6.07) is 3.47. The van der Waals surface area contributed by atoms with Gasteiger partial charge in [-0.25, -0.2) is 4.98 Å². The van der Waals surface area contributed by atoms with Gasteiger partial charge in [-0.15, -0.1) is 0 Å². The van der Waals surface area contributed by atoms with Gasteiger partial charge in [-0.2, -0.15) is 0 Å². The minimum absolute atomic E-state index is 0.498. The first-order valence-electron chi connectivity index (χ1n) is 5.30. The number of aromatic nitrogens is 1. The molecule has 0 aromatic carbocycles. The molecule has 0 unspecified atom stereocenters. The minimum Gasteiger partial charge on any atom is -0.384 e. The lowest BCUT2D eigenvalue weighted by atomic mass is 10.3. The second kappa shape index (κ2) is 6.68. The largest absolute Gasteiger partial charge is 0.384 e. The van der Waals surface area contributed by atoms with Gasteiger partial charge in [-0.3, -0.25) is 4.90 Å². The molecule has 1 rings (SSSR count). The molecule has 4 nitrogen and oxygen atoms in total. The van der Waals surface area contributed by atoms with Crippen LogP contribution in [0.5, 0.6) is 0 Å². The Morgan fingerprint density at radius 2 is 2.25 bits per heavy atom. The maximum Gasteiger partial charge on any atom is 0.123 e. The molecular formula is C11H18ClN3O. The van der Waals surface area contributed by atoms with Crippen LogP contribution in [-0.2, 0) is 11.3 Å². The Kier molecular flexibility index (Phi) is 5.52. The molecule has 0 aliphatic rings. The highest BCUT2D eigenvalue weighted by atomic mass is 35.5. The van der Waals surface area contributed by atoms with Crippen molar-refractivity contribution in [1.29, 1.82) is 0 Å². The highest BCUT2D eigenvalue weighted by Gasteiger charge is 2.06. The van der Waals surface area contributed by atoms with E-state index < -0.39 is 0 Å². The smallest absolute Gasteiger partial charge is 0.123 e. The van der Waals surface area contributed by atoms with Crippen LogP contribution in [0.4, 0.5) is 5.82 Å². The predicted molar refractivity (Wildman–Crippen MR) is 66.5 cm³/mol. The third-order valence-corrected chi connectivity index (χ3v) is 2.53. The number of pyridine rings is 1. The molecule has 1 heterocycles. The highest BCUT2D eigenvalue weighted by molar-refractivity contribution is 6.31. The number of nitrogens with two attached hydrogens (primary N) is 1. The Hall–Kier alpha value is -0.840. The predicted octanol–water partition coefficient (Wildman–Crippen LogP) is 1.79. The highest BCUT2D eigenvalue weighted by Crippen LogP contribution is 2.16. The normalized spacial score (nSPS) is 11.0. The zero-order valence-electron chi connectivity index (χ0n) is 9.74. The lowest BCUT2D eigenvalue weighted by molar-refractivity contribution is 0.120.